The number of carbonyl (C=O) groups is 1. The smallest absolute Gasteiger partial charge is 0.335 e. The summed E-state index contributed by atoms with van der Waals surface area (Å²) in [5, 5.41) is 0. The Labute approximate surface area is 220 Å². The van der Waals surface area contributed by atoms with E-state index in [4.69, 9.17) is 18.9 Å². The van der Waals surface area contributed by atoms with Gasteiger partial charge in [0.25, 0.3) is 0 Å². The normalized spacial score (nSPS) is 14.5. The summed E-state index contributed by atoms with van der Waals surface area (Å²) >= 11 is 0. The van der Waals surface area contributed by atoms with Crippen molar-refractivity contribution in [1.29, 1.82) is 0 Å². The maximum atomic E-state index is 12.1. The monoisotopic (exact) mass is 502 g/mol. The quantitative estimate of drug-likeness (QED) is 0.176. The highest BCUT2D eigenvalue weighted by atomic mass is 16.6. The summed E-state index contributed by atoms with van der Waals surface area (Å²) in [6.07, 6.45) is 2.97. The molecule has 3 aromatic rings. The van der Waals surface area contributed by atoms with Gasteiger partial charge in [-0.05, 0) is 78.8 Å². The summed E-state index contributed by atoms with van der Waals surface area (Å²) in [6.45, 7) is 8.03. The van der Waals surface area contributed by atoms with Gasteiger partial charge in [-0.1, -0.05) is 55.8 Å². The number of hydrogen-bond acceptors (Lipinski definition) is 5. The SMILES string of the molecule is CCCCOc1ccc2c(c1)-c1ccccc1C2CCOc1ccc(CC(OCC)C(=O)OCC)cc1. The third-order valence-corrected chi connectivity index (χ3v) is 6.73. The molecule has 3 aromatic carbocycles. The van der Waals surface area contributed by atoms with Gasteiger partial charge in [0.15, 0.2) is 6.10 Å². The molecular formula is C32H38O5. The van der Waals surface area contributed by atoms with Crippen molar-refractivity contribution in [2.45, 2.75) is 58.5 Å². The minimum atomic E-state index is -0.586. The summed E-state index contributed by atoms with van der Waals surface area (Å²) in [7, 11) is 0. The molecule has 4 rings (SSSR count). The van der Waals surface area contributed by atoms with Gasteiger partial charge in [0, 0.05) is 18.9 Å². The van der Waals surface area contributed by atoms with Gasteiger partial charge in [-0.25, -0.2) is 4.79 Å². The largest absolute Gasteiger partial charge is 0.494 e. The molecule has 0 aromatic heterocycles. The van der Waals surface area contributed by atoms with Crippen LogP contribution in [-0.4, -0.2) is 38.5 Å². The number of esters is 1. The molecule has 0 radical (unpaired) electrons. The Kier molecular flexibility index (Phi) is 9.61. The van der Waals surface area contributed by atoms with E-state index in [0.29, 0.717) is 32.2 Å². The summed E-state index contributed by atoms with van der Waals surface area (Å²) in [4.78, 5) is 12.1. The highest BCUT2D eigenvalue weighted by Gasteiger charge is 2.28. The van der Waals surface area contributed by atoms with E-state index in [-0.39, 0.29) is 5.97 Å². The fourth-order valence-corrected chi connectivity index (χ4v) is 4.90. The maximum absolute atomic E-state index is 12.1. The van der Waals surface area contributed by atoms with Gasteiger partial charge < -0.3 is 18.9 Å². The molecular weight excluding hydrogens is 464 g/mol. The third kappa shape index (κ3) is 6.72. The van der Waals surface area contributed by atoms with Crippen LogP contribution in [0, 0.1) is 0 Å². The molecule has 0 saturated heterocycles. The van der Waals surface area contributed by atoms with E-state index >= 15 is 0 Å². The first-order valence-corrected chi connectivity index (χ1v) is 13.5. The molecule has 0 saturated carbocycles. The zero-order chi connectivity index (χ0) is 26.0. The lowest BCUT2D eigenvalue weighted by atomic mass is 9.94. The van der Waals surface area contributed by atoms with Gasteiger partial charge in [-0.15, -0.1) is 0 Å². The standard InChI is InChI=1S/C32H38O5/c1-4-7-19-36-25-16-17-28-29(26-10-8-9-11-27(26)30(28)22-25)18-20-37-24-14-12-23(13-15-24)21-31(34-5-2)32(33)35-6-3/h8-17,22,29,31H,4-7,18-21H2,1-3H3. The molecule has 2 atom stereocenters. The Morgan fingerprint density at radius 1 is 0.811 bits per heavy atom. The third-order valence-electron chi connectivity index (χ3n) is 6.73. The lowest BCUT2D eigenvalue weighted by molar-refractivity contribution is -0.156. The van der Waals surface area contributed by atoms with E-state index in [1.807, 2.05) is 31.2 Å². The summed E-state index contributed by atoms with van der Waals surface area (Å²) < 4.78 is 22.8. The second kappa shape index (κ2) is 13.3. The Balaban J connectivity index is 1.37. The van der Waals surface area contributed by atoms with Crippen LogP contribution in [0.5, 0.6) is 11.5 Å². The topological polar surface area (TPSA) is 54.0 Å². The van der Waals surface area contributed by atoms with Crippen molar-refractivity contribution in [2.24, 2.45) is 0 Å². The summed E-state index contributed by atoms with van der Waals surface area (Å²) in [5.41, 5.74) is 6.25. The van der Waals surface area contributed by atoms with Crippen LogP contribution in [0.3, 0.4) is 0 Å². The van der Waals surface area contributed by atoms with Crippen LogP contribution in [0.2, 0.25) is 0 Å². The van der Waals surface area contributed by atoms with E-state index in [9.17, 15) is 4.79 Å². The molecule has 5 nitrogen and oxygen atoms in total. The van der Waals surface area contributed by atoms with Crippen LogP contribution in [0.4, 0.5) is 0 Å². The van der Waals surface area contributed by atoms with Crippen LogP contribution >= 0.6 is 0 Å². The van der Waals surface area contributed by atoms with E-state index in [0.717, 1.165) is 42.9 Å². The summed E-state index contributed by atoms with van der Waals surface area (Å²) in [6, 6.07) is 23.0. The summed E-state index contributed by atoms with van der Waals surface area (Å²) in [5.74, 6) is 1.74. The first-order valence-electron chi connectivity index (χ1n) is 13.5. The molecule has 37 heavy (non-hydrogen) atoms. The van der Waals surface area contributed by atoms with Gasteiger partial charge >= 0.3 is 5.97 Å². The highest BCUT2D eigenvalue weighted by molar-refractivity contribution is 5.79. The molecule has 5 heteroatoms. The van der Waals surface area contributed by atoms with Gasteiger partial charge in [-0.2, -0.15) is 0 Å². The first kappa shape index (κ1) is 26.7. The lowest BCUT2D eigenvalue weighted by Crippen LogP contribution is -2.28. The number of fused-ring (bicyclic) bond motifs is 3. The van der Waals surface area contributed by atoms with Crippen LogP contribution in [0.1, 0.15) is 62.6 Å². The van der Waals surface area contributed by atoms with Crippen molar-refractivity contribution >= 4 is 5.97 Å². The molecule has 2 unspecified atom stereocenters. The Morgan fingerprint density at radius 3 is 2.30 bits per heavy atom. The van der Waals surface area contributed by atoms with Gasteiger partial charge in [-0.3, -0.25) is 0 Å². The number of ether oxygens (including phenoxy) is 4. The van der Waals surface area contributed by atoms with Crippen molar-refractivity contribution in [3.63, 3.8) is 0 Å². The van der Waals surface area contributed by atoms with Crippen LogP contribution < -0.4 is 9.47 Å². The molecule has 0 amide bonds. The molecule has 1 aliphatic carbocycles. The number of benzene rings is 3. The van der Waals surface area contributed by atoms with Crippen LogP contribution in [0.15, 0.2) is 66.7 Å². The van der Waals surface area contributed by atoms with E-state index in [1.54, 1.807) is 6.92 Å². The number of hydrogen-bond donors (Lipinski definition) is 0. The minimum Gasteiger partial charge on any atom is -0.494 e. The highest BCUT2D eigenvalue weighted by Crippen LogP contribution is 2.47. The number of unbranched alkanes of at least 4 members (excludes halogenated alkanes) is 1. The lowest BCUT2D eigenvalue weighted by Gasteiger charge is -2.16. The molecule has 0 aliphatic heterocycles. The molecule has 0 heterocycles. The zero-order valence-electron chi connectivity index (χ0n) is 22.2. The van der Waals surface area contributed by atoms with E-state index in [2.05, 4.69) is 49.4 Å². The second-order valence-corrected chi connectivity index (χ2v) is 9.27. The Hall–Kier alpha value is -3.31. The fourth-order valence-electron chi connectivity index (χ4n) is 4.90. The second-order valence-electron chi connectivity index (χ2n) is 9.27. The predicted molar refractivity (Wildman–Crippen MR) is 146 cm³/mol. The van der Waals surface area contributed by atoms with Gasteiger partial charge in [0.2, 0.25) is 0 Å². The van der Waals surface area contributed by atoms with Crippen molar-refractivity contribution < 1.29 is 23.7 Å². The van der Waals surface area contributed by atoms with Crippen molar-refractivity contribution in [3.05, 3.63) is 83.4 Å². The minimum absolute atomic E-state index is 0.298. The number of rotatable bonds is 14. The van der Waals surface area contributed by atoms with E-state index < -0.39 is 6.10 Å². The molecule has 0 fully saturated rings. The molecule has 0 N–H and O–H groups in total. The van der Waals surface area contributed by atoms with Crippen molar-refractivity contribution in [2.75, 3.05) is 26.4 Å². The molecule has 0 bridgehead atoms. The van der Waals surface area contributed by atoms with Crippen molar-refractivity contribution in [3.8, 4) is 22.6 Å². The predicted octanol–water partition coefficient (Wildman–Crippen LogP) is 6.96. The van der Waals surface area contributed by atoms with Crippen LogP contribution in [0.25, 0.3) is 11.1 Å². The van der Waals surface area contributed by atoms with Crippen LogP contribution in [-0.2, 0) is 20.7 Å². The van der Waals surface area contributed by atoms with Gasteiger partial charge in [0.05, 0.1) is 19.8 Å². The molecule has 1 aliphatic rings. The maximum Gasteiger partial charge on any atom is 0.335 e. The Bertz CT molecular complexity index is 1150. The average molecular weight is 503 g/mol. The van der Waals surface area contributed by atoms with Gasteiger partial charge in [0.1, 0.15) is 11.5 Å². The zero-order valence-corrected chi connectivity index (χ0v) is 22.2. The molecule has 196 valence electrons. The Morgan fingerprint density at radius 2 is 1.54 bits per heavy atom. The number of carbonyl (C=O) groups excluding carboxylic acids is 1. The average Bonchev–Trinajstić information content (AvgIpc) is 3.23. The first-order chi connectivity index (χ1) is 18.1. The fraction of sp³-hybridized carbons (Fsp3) is 0.406. The molecule has 0 spiro atoms. The van der Waals surface area contributed by atoms with E-state index in [1.165, 1.54) is 22.3 Å². The van der Waals surface area contributed by atoms with Crippen molar-refractivity contribution in [1.82, 2.24) is 0 Å².